The number of nitrogens with zero attached hydrogens (tertiary/aromatic N) is 1. The molecule has 0 fully saturated rings. The van der Waals surface area contributed by atoms with E-state index in [0.717, 1.165) is 19.3 Å². The van der Waals surface area contributed by atoms with Crippen LogP contribution in [0.25, 0.3) is 0 Å². The van der Waals surface area contributed by atoms with Gasteiger partial charge >= 0.3 is 0 Å². The summed E-state index contributed by atoms with van der Waals surface area (Å²) in [6, 6.07) is 0. The number of carbonyl (C=O) groups is 3. The average Bonchev–Trinajstić information content (AvgIpc) is 3.05. The van der Waals surface area contributed by atoms with Crippen LogP contribution in [-0.4, -0.2) is 95.5 Å². The molecule has 0 aromatic rings. The zero-order valence-corrected chi connectivity index (χ0v) is 49.2. The van der Waals surface area contributed by atoms with Gasteiger partial charge in [0.15, 0.2) is 0 Å². The highest BCUT2D eigenvalue weighted by Crippen LogP contribution is 2.49. The van der Waals surface area contributed by atoms with Gasteiger partial charge in [-0.2, -0.15) is 0 Å². The Morgan fingerprint density at radius 1 is 0.328 bits per heavy atom. The summed E-state index contributed by atoms with van der Waals surface area (Å²) in [5.74, 6) is -0.257. The van der Waals surface area contributed by atoms with E-state index in [2.05, 4.69) is 166 Å². The van der Waals surface area contributed by atoms with E-state index in [1.807, 2.05) is 41.5 Å². The van der Waals surface area contributed by atoms with Gasteiger partial charge in [0.25, 0.3) is 0 Å². The van der Waals surface area contributed by atoms with Gasteiger partial charge in [0.2, 0.25) is 17.7 Å². The molecule has 0 spiro atoms. The van der Waals surface area contributed by atoms with Crippen LogP contribution in [0.2, 0.25) is 0 Å². The monoisotopic (exact) mass is 951 g/mol. The first kappa shape index (κ1) is 65.2. The Kier molecular flexibility index (Phi) is 22.2. The molecule has 3 atom stereocenters. The van der Waals surface area contributed by atoms with Gasteiger partial charge < -0.3 is 31.3 Å². The van der Waals surface area contributed by atoms with Gasteiger partial charge in [-0.3, -0.25) is 19.3 Å². The molecule has 0 rings (SSSR count). The molecule has 10 nitrogen and oxygen atoms in total. The van der Waals surface area contributed by atoms with E-state index in [4.69, 9.17) is 0 Å². The number of aliphatic hydroxyl groups is 3. The van der Waals surface area contributed by atoms with E-state index < -0.39 is 50.8 Å². The fourth-order valence-electron chi connectivity index (χ4n) is 13.5. The maximum atomic E-state index is 13.9. The predicted molar refractivity (Wildman–Crippen MR) is 284 cm³/mol. The lowest BCUT2D eigenvalue weighted by Gasteiger charge is -2.46. The number of carbonyl (C=O) groups excluding carboxylic acids is 3. The molecular formula is C57H114N4O6. The second kappa shape index (κ2) is 22.8. The lowest BCUT2D eigenvalue weighted by molar-refractivity contribution is -0.134. The summed E-state index contributed by atoms with van der Waals surface area (Å²) in [6.07, 6.45) is 2.18. The molecule has 0 aliphatic rings. The Labute approximate surface area is 414 Å². The minimum atomic E-state index is -0.751. The van der Waals surface area contributed by atoms with E-state index in [-0.39, 0.29) is 50.2 Å². The first-order chi connectivity index (χ1) is 29.3. The molecule has 0 heterocycles. The Balaban J connectivity index is 6.18. The van der Waals surface area contributed by atoms with Crippen molar-refractivity contribution in [1.29, 1.82) is 0 Å². The number of hydrogen-bond donors (Lipinski definition) is 6. The maximum Gasteiger partial charge on any atom is 0.225 e. The molecular weight excluding hydrogens is 837 g/mol. The molecule has 0 aromatic carbocycles. The first-order valence-corrected chi connectivity index (χ1v) is 25.9. The normalized spacial score (nSPS) is 16.2. The van der Waals surface area contributed by atoms with Crippen LogP contribution in [0.4, 0.5) is 0 Å². The van der Waals surface area contributed by atoms with Gasteiger partial charge in [-0.05, 0) is 87.3 Å². The third-order valence-corrected chi connectivity index (χ3v) is 14.1. The van der Waals surface area contributed by atoms with Crippen molar-refractivity contribution in [2.24, 2.45) is 65.0 Å². The Morgan fingerprint density at radius 3 is 0.657 bits per heavy atom. The van der Waals surface area contributed by atoms with Crippen LogP contribution in [0.15, 0.2) is 0 Å². The molecule has 0 aliphatic heterocycles. The van der Waals surface area contributed by atoms with Crippen LogP contribution < -0.4 is 16.0 Å². The molecule has 0 aliphatic carbocycles. The second-order valence-corrected chi connectivity index (χ2v) is 31.1. The number of aliphatic hydroxyl groups excluding tert-OH is 3. The summed E-state index contributed by atoms with van der Waals surface area (Å²) < 4.78 is 0. The van der Waals surface area contributed by atoms with Crippen molar-refractivity contribution in [3.8, 4) is 0 Å². The Hall–Kier alpha value is -1.75. The highest BCUT2D eigenvalue weighted by molar-refractivity contribution is 5.82. The number of nitrogens with one attached hydrogen (secondary N) is 3. The lowest BCUT2D eigenvalue weighted by Crippen LogP contribution is -2.50. The van der Waals surface area contributed by atoms with Gasteiger partial charge in [-0.25, -0.2) is 0 Å². The molecule has 3 unspecified atom stereocenters. The molecule has 10 heteroatoms. The van der Waals surface area contributed by atoms with Crippen molar-refractivity contribution in [3.05, 3.63) is 0 Å². The third kappa shape index (κ3) is 22.1. The number of hydrogen-bond acceptors (Lipinski definition) is 7. The Morgan fingerprint density at radius 2 is 0.493 bits per heavy atom. The fourth-order valence-corrected chi connectivity index (χ4v) is 13.5. The van der Waals surface area contributed by atoms with Crippen LogP contribution in [0, 0.1) is 65.0 Å². The second-order valence-electron chi connectivity index (χ2n) is 31.1. The fraction of sp³-hybridized carbons (Fsp3) is 0.947. The van der Waals surface area contributed by atoms with Crippen molar-refractivity contribution < 1.29 is 29.7 Å². The number of rotatable bonds is 27. The van der Waals surface area contributed by atoms with Crippen LogP contribution >= 0.6 is 0 Å². The smallest absolute Gasteiger partial charge is 0.225 e. The van der Waals surface area contributed by atoms with Gasteiger partial charge in [-0.15, -0.1) is 0 Å². The summed E-state index contributed by atoms with van der Waals surface area (Å²) in [5.41, 5.74) is -4.71. The molecule has 3 amide bonds. The molecule has 67 heavy (non-hydrogen) atoms. The summed E-state index contributed by atoms with van der Waals surface area (Å²) in [5, 5.41) is 44.6. The van der Waals surface area contributed by atoms with Gasteiger partial charge in [0.1, 0.15) is 0 Å². The van der Waals surface area contributed by atoms with E-state index in [0.29, 0.717) is 58.5 Å². The summed E-state index contributed by atoms with van der Waals surface area (Å²) in [4.78, 5) is 43.8. The zero-order chi connectivity index (χ0) is 53.6. The van der Waals surface area contributed by atoms with Crippen LogP contribution in [-0.2, 0) is 14.4 Å². The van der Waals surface area contributed by atoms with E-state index in [1.54, 1.807) is 0 Å². The van der Waals surface area contributed by atoms with Crippen molar-refractivity contribution in [3.63, 3.8) is 0 Å². The topological polar surface area (TPSA) is 151 Å². The van der Waals surface area contributed by atoms with Gasteiger partial charge in [0, 0.05) is 55.5 Å². The van der Waals surface area contributed by atoms with Crippen LogP contribution in [0.3, 0.4) is 0 Å². The highest BCUT2D eigenvalue weighted by atomic mass is 16.3. The van der Waals surface area contributed by atoms with E-state index in [9.17, 15) is 29.7 Å². The summed E-state index contributed by atoms with van der Waals surface area (Å²) >= 11 is 0. The molecule has 398 valence electrons. The van der Waals surface area contributed by atoms with Crippen molar-refractivity contribution in [2.45, 2.75) is 244 Å². The minimum absolute atomic E-state index is 0.0463. The van der Waals surface area contributed by atoms with Crippen molar-refractivity contribution in [2.75, 3.05) is 39.3 Å². The summed E-state index contributed by atoms with van der Waals surface area (Å²) in [6.45, 7) is 58.9. The van der Waals surface area contributed by atoms with E-state index >= 15 is 0 Å². The minimum Gasteiger partial charge on any atom is -0.392 e. The zero-order valence-electron chi connectivity index (χ0n) is 49.2. The van der Waals surface area contributed by atoms with Crippen LogP contribution in [0.5, 0.6) is 0 Å². The maximum absolute atomic E-state index is 13.9. The molecule has 0 saturated heterocycles. The molecule has 0 bridgehead atoms. The molecule has 0 aromatic heterocycles. The predicted octanol–water partition coefficient (Wildman–Crippen LogP) is 11.4. The standard InChI is InChI=1S/C57H114N4O6/c1-46(2,3)34-49(10,11)40(62)52(16,17)37-55(22,23)43(65)58-28-31-61(32-29-59-44(66)56(24,25)38-53(18,19)41(63)50(12,13)35-47(4,5)6)33-30-60-45(67)57(26,27)39-54(20,21)42(64)51(14,15)36-48(7,8)9/h40-42,62-64H,28-39H2,1-27H3,(H,58,65)(H,59,66)(H,60,67). The number of amides is 3. The van der Waals surface area contributed by atoms with Crippen molar-refractivity contribution >= 4 is 17.7 Å². The highest BCUT2D eigenvalue weighted by Gasteiger charge is 2.48. The van der Waals surface area contributed by atoms with Crippen LogP contribution in [0.1, 0.15) is 225 Å². The molecule has 0 radical (unpaired) electrons. The summed E-state index contributed by atoms with van der Waals surface area (Å²) in [7, 11) is 0. The molecule has 0 saturated carbocycles. The SMILES string of the molecule is CC(C)(C)CC(C)(C)C(O)C(C)(C)CC(C)(C)C(=O)NCCN(CCNC(=O)C(C)(C)CC(C)(C)C(O)C(C)(C)CC(C)(C)C)CCNC(=O)C(C)(C)CC(C)(C)C(O)C(C)(C)CC(C)(C)C. The third-order valence-electron chi connectivity index (χ3n) is 14.1. The van der Waals surface area contributed by atoms with Gasteiger partial charge in [-0.1, -0.05) is 187 Å². The largest absolute Gasteiger partial charge is 0.392 e. The van der Waals surface area contributed by atoms with Crippen molar-refractivity contribution in [1.82, 2.24) is 20.9 Å². The molecule has 6 N–H and O–H groups in total. The first-order valence-electron chi connectivity index (χ1n) is 25.9. The lowest BCUT2D eigenvalue weighted by atomic mass is 9.62. The Bertz CT molecular complexity index is 1400. The van der Waals surface area contributed by atoms with Gasteiger partial charge in [0.05, 0.1) is 18.3 Å². The average molecular weight is 952 g/mol. The quantitative estimate of drug-likeness (QED) is 0.0480. The van der Waals surface area contributed by atoms with E-state index in [1.165, 1.54) is 0 Å².